The summed E-state index contributed by atoms with van der Waals surface area (Å²) in [5.74, 6) is 0.857. The second kappa shape index (κ2) is 4.41. The highest BCUT2D eigenvalue weighted by atomic mass is 79.9. The number of hydrogen-bond acceptors (Lipinski definition) is 2. The molecular weight excluding hydrogens is 240 g/mol. The molecule has 1 aromatic rings. The van der Waals surface area contributed by atoms with Gasteiger partial charge in [0.1, 0.15) is 0 Å². The number of hydrogen-bond donors (Lipinski definition) is 0. The molecular formula is C11H15BrN2. The molecule has 0 N–H and O–H groups in total. The van der Waals surface area contributed by atoms with Crippen LogP contribution in [-0.2, 0) is 6.54 Å². The minimum Gasteiger partial charge on any atom is -0.299 e. The van der Waals surface area contributed by atoms with Crippen LogP contribution in [0.5, 0.6) is 0 Å². The molecule has 0 spiro atoms. The van der Waals surface area contributed by atoms with Crippen molar-refractivity contribution in [2.24, 2.45) is 5.92 Å². The van der Waals surface area contributed by atoms with Crippen LogP contribution in [0.4, 0.5) is 0 Å². The second-order valence-corrected chi connectivity index (χ2v) is 5.06. The van der Waals surface area contributed by atoms with E-state index in [4.69, 9.17) is 0 Å². The van der Waals surface area contributed by atoms with Crippen LogP contribution < -0.4 is 0 Å². The molecule has 1 aromatic heterocycles. The zero-order valence-electron chi connectivity index (χ0n) is 8.41. The molecule has 1 atom stereocenters. The van der Waals surface area contributed by atoms with Gasteiger partial charge in [0.2, 0.25) is 0 Å². The molecule has 2 rings (SSSR count). The fourth-order valence-electron chi connectivity index (χ4n) is 1.97. The Hall–Kier alpha value is -0.410. The highest BCUT2D eigenvalue weighted by Gasteiger charge is 2.18. The number of halogens is 1. The molecule has 1 unspecified atom stereocenters. The lowest BCUT2D eigenvalue weighted by molar-refractivity contribution is 0.320. The molecule has 0 aliphatic carbocycles. The van der Waals surface area contributed by atoms with Crippen molar-refractivity contribution in [3.05, 3.63) is 28.5 Å². The molecule has 0 radical (unpaired) electrons. The first-order valence-corrected chi connectivity index (χ1v) is 5.85. The van der Waals surface area contributed by atoms with Crippen molar-refractivity contribution in [2.45, 2.75) is 19.9 Å². The van der Waals surface area contributed by atoms with Crippen molar-refractivity contribution in [2.75, 3.05) is 13.1 Å². The summed E-state index contributed by atoms with van der Waals surface area (Å²) in [4.78, 5) is 6.67. The lowest BCUT2D eigenvalue weighted by Gasteiger charge is -2.14. The second-order valence-electron chi connectivity index (χ2n) is 4.14. The van der Waals surface area contributed by atoms with E-state index in [9.17, 15) is 0 Å². The lowest BCUT2D eigenvalue weighted by atomic mass is 10.2. The SMILES string of the molecule is CC1CCN(Cc2cncc(Br)c2)C1. The van der Waals surface area contributed by atoms with Crippen LogP contribution in [0.15, 0.2) is 22.9 Å². The minimum atomic E-state index is 0.857. The number of likely N-dealkylation sites (tertiary alicyclic amines) is 1. The van der Waals surface area contributed by atoms with Gasteiger partial charge in [-0.1, -0.05) is 6.92 Å². The third-order valence-corrected chi connectivity index (χ3v) is 3.11. The lowest BCUT2D eigenvalue weighted by Crippen LogP contribution is -2.19. The summed E-state index contributed by atoms with van der Waals surface area (Å²) in [6.07, 6.45) is 5.12. The molecule has 3 heteroatoms. The van der Waals surface area contributed by atoms with E-state index in [0.717, 1.165) is 16.9 Å². The number of pyridine rings is 1. The summed E-state index contributed by atoms with van der Waals surface area (Å²) >= 11 is 3.44. The molecule has 0 saturated carbocycles. The predicted molar refractivity (Wildman–Crippen MR) is 61.0 cm³/mol. The van der Waals surface area contributed by atoms with Crippen molar-refractivity contribution < 1.29 is 0 Å². The molecule has 14 heavy (non-hydrogen) atoms. The van der Waals surface area contributed by atoms with Gasteiger partial charge in [0.15, 0.2) is 0 Å². The Balaban J connectivity index is 1.97. The maximum Gasteiger partial charge on any atom is 0.0410 e. The molecule has 1 saturated heterocycles. The zero-order valence-corrected chi connectivity index (χ0v) is 10.00. The number of aromatic nitrogens is 1. The van der Waals surface area contributed by atoms with E-state index >= 15 is 0 Å². The van der Waals surface area contributed by atoms with Crippen molar-refractivity contribution in [3.63, 3.8) is 0 Å². The molecule has 0 bridgehead atoms. The van der Waals surface area contributed by atoms with Crippen LogP contribution in [0.1, 0.15) is 18.9 Å². The van der Waals surface area contributed by atoms with Gasteiger partial charge in [0.25, 0.3) is 0 Å². The van der Waals surface area contributed by atoms with E-state index in [-0.39, 0.29) is 0 Å². The van der Waals surface area contributed by atoms with Crippen LogP contribution >= 0.6 is 15.9 Å². The van der Waals surface area contributed by atoms with E-state index in [1.165, 1.54) is 25.1 Å². The van der Waals surface area contributed by atoms with Gasteiger partial charge < -0.3 is 0 Å². The maximum absolute atomic E-state index is 4.17. The van der Waals surface area contributed by atoms with Gasteiger partial charge in [-0.25, -0.2) is 0 Å². The van der Waals surface area contributed by atoms with Gasteiger partial charge in [-0.05, 0) is 46.4 Å². The topological polar surface area (TPSA) is 16.1 Å². The summed E-state index contributed by atoms with van der Waals surface area (Å²) < 4.78 is 1.07. The van der Waals surface area contributed by atoms with E-state index in [1.807, 2.05) is 12.4 Å². The Kier molecular flexibility index (Phi) is 3.19. The van der Waals surface area contributed by atoms with Crippen LogP contribution in [0.3, 0.4) is 0 Å². The monoisotopic (exact) mass is 254 g/mol. The number of rotatable bonds is 2. The highest BCUT2D eigenvalue weighted by molar-refractivity contribution is 9.10. The molecule has 0 amide bonds. The molecule has 76 valence electrons. The van der Waals surface area contributed by atoms with E-state index in [0.29, 0.717) is 0 Å². The van der Waals surface area contributed by atoms with Gasteiger partial charge in [-0.3, -0.25) is 9.88 Å². The number of nitrogens with zero attached hydrogens (tertiary/aromatic N) is 2. The Morgan fingerprint density at radius 1 is 1.57 bits per heavy atom. The van der Waals surface area contributed by atoms with E-state index in [1.54, 1.807) is 0 Å². The standard InChI is InChI=1S/C11H15BrN2/c1-9-2-3-14(7-9)8-10-4-11(12)6-13-5-10/h4-6,9H,2-3,7-8H2,1H3. The third-order valence-electron chi connectivity index (χ3n) is 2.68. The average Bonchev–Trinajstić information content (AvgIpc) is 2.51. The Morgan fingerprint density at radius 3 is 3.07 bits per heavy atom. The average molecular weight is 255 g/mol. The van der Waals surface area contributed by atoms with Gasteiger partial charge in [-0.15, -0.1) is 0 Å². The van der Waals surface area contributed by atoms with Crippen LogP contribution in [0.2, 0.25) is 0 Å². The molecule has 2 nitrogen and oxygen atoms in total. The molecule has 1 fully saturated rings. The van der Waals surface area contributed by atoms with Gasteiger partial charge in [0.05, 0.1) is 0 Å². The summed E-state index contributed by atoms with van der Waals surface area (Å²) in [5, 5.41) is 0. The molecule has 1 aliphatic heterocycles. The van der Waals surface area contributed by atoms with Crippen molar-refractivity contribution in [1.29, 1.82) is 0 Å². The van der Waals surface area contributed by atoms with Crippen LogP contribution in [-0.4, -0.2) is 23.0 Å². The molecule has 2 heterocycles. The first-order valence-electron chi connectivity index (χ1n) is 5.06. The summed E-state index contributed by atoms with van der Waals surface area (Å²) in [6.45, 7) is 5.82. The van der Waals surface area contributed by atoms with Crippen LogP contribution in [0, 0.1) is 5.92 Å². The minimum absolute atomic E-state index is 0.857. The largest absolute Gasteiger partial charge is 0.299 e. The summed E-state index contributed by atoms with van der Waals surface area (Å²) in [7, 11) is 0. The Morgan fingerprint density at radius 2 is 2.43 bits per heavy atom. The zero-order chi connectivity index (χ0) is 9.97. The maximum atomic E-state index is 4.17. The highest BCUT2D eigenvalue weighted by Crippen LogP contribution is 2.18. The quantitative estimate of drug-likeness (QED) is 0.807. The first kappa shape index (κ1) is 10.1. The van der Waals surface area contributed by atoms with E-state index in [2.05, 4.69) is 38.8 Å². The summed E-state index contributed by atoms with van der Waals surface area (Å²) in [6, 6.07) is 2.15. The van der Waals surface area contributed by atoms with Gasteiger partial charge in [-0.2, -0.15) is 0 Å². The third kappa shape index (κ3) is 2.55. The summed E-state index contributed by atoms with van der Waals surface area (Å²) in [5.41, 5.74) is 1.30. The molecule has 1 aliphatic rings. The smallest absolute Gasteiger partial charge is 0.0410 e. The fraction of sp³-hybridized carbons (Fsp3) is 0.545. The fourth-order valence-corrected chi connectivity index (χ4v) is 2.38. The molecule has 0 aromatic carbocycles. The first-order chi connectivity index (χ1) is 6.74. The predicted octanol–water partition coefficient (Wildman–Crippen LogP) is 2.69. The van der Waals surface area contributed by atoms with E-state index < -0.39 is 0 Å². The van der Waals surface area contributed by atoms with Crippen molar-refractivity contribution in [3.8, 4) is 0 Å². The normalized spacial score (nSPS) is 22.9. The Labute approximate surface area is 93.5 Å². The van der Waals surface area contributed by atoms with Crippen molar-refractivity contribution >= 4 is 15.9 Å². The van der Waals surface area contributed by atoms with Crippen molar-refractivity contribution in [1.82, 2.24) is 9.88 Å². The Bertz CT molecular complexity index is 314. The van der Waals surface area contributed by atoms with Gasteiger partial charge in [0, 0.05) is 30.0 Å². The van der Waals surface area contributed by atoms with Gasteiger partial charge >= 0.3 is 0 Å². The van der Waals surface area contributed by atoms with Crippen LogP contribution in [0.25, 0.3) is 0 Å².